The molecule has 0 saturated carbocycles. The van der Waals surface area contributed by atoms with Gasteiger partial charge in [-0.2, -0.15) is 0 Å². The van der Waals surface area contributed by atoms with Crippen molar-refractivity contribution in [3.63, 3.8) is 0 Å². The Labute approximate surface area is 90.2 Å². The summed E-state index contributed by atoms with van der Waals surface area (Å²) in [6, 6.07) is 1.26. The highest BCUT2D eigenvalue weighted by atomic mass is 17.1. The first-order valence-corrected chi connectivity index (χ1v) is 4.94. The van der Waals surface area contributed by atoms with Crippen LogP contribution < -0.4 is 11.2 Å². The summed E-state index contributed by atoms with van der Waals surface area (Å²) >= 11 is 0. The van der Waals surface area contributed by atoms with Gasteiger partial charge in [0.1, 0.15) is 12.8 Å². The number of rotatable bonds is 3. The van der Waals surface area contributed by atoms with Crippen molar-refractivity contribution >= 4 is 0 Å². The number of H-pyrrole nitrogens is 1. The molecule has 1 aliphatic rings. The van der Waals surface area contributed by atoms with Gasteiger partial charge in [0.25, 0.3) is 5.56 Å². The van der Waals surface area contributed by atoms with Crippen LogP contribution in [0.1, 0.15) is 19.1 Å². The summed E-state index contributed by atoms with van der Waals surface area (Å²) in [6.45, 7) is 0.0780. The molecule has 0 unspecified atom stereocenters. The molecule has 2 rings (SSSR count). The summed E-state index contributed by atoms with van der Waals surface area (Å²) in [6.07, 6.45) is 2.09. The van der Waals surface area contributed by atoms with E-state index < -0.39 is 17.5 Å². The fourth-order valence-electron chi connectivity index (χ4n) is 1.75. The molecule has 2 atom stereocenters. The highest BCUT2D eigenvalue weighted by molar-refractivity contribution is 4.85. The summed E-state index contributed by atoms with van der Waals surface area (Å²) < 4.78 is 6.78. The molecule has 1 saturated heterocycles. The van der Waals surface area contributed by atoms with Crippen molar-refractivity contribution in [2.45, 2.75) is 25.2 Å². The topological polar surface area (TPSA) is 93.5 Å². The molecule has 2 heterocycles. The van der Waals surface area contributed by atoms with Crippen LogP contribution in [-0.2, 0) is 9.62 Å². The Morgan fingerprint density at radius 1 is 1.56 bits per heavy atom. The van der Waals surface area contributed by atoms with Crippen molar-refractivity contribution < 1.29 is 14.9 Å². The molecule has 0 aliphatic carbocycles. The van der Waals surface area contributed by atoms with E-state index in [0.717, 1.165) is 0 Å². The Hall–Kier alpha value is -1.44. The lowest BCUT2D eigenvalue weighted by Crippen LogP contribution is -2.31. The smallest absolute Gasteiger partial charge is 0.330 e. The highest BCUT2D eigenvalue weighted by Gasteiger charge is 2.27. The molecule has 0 amide bonds. The van der Waals surface area contributed by atoms with E-state index in [-0.39, 0.29) is 12.7 Å². The third-order valence-corrected chi connectivity index (χ3v) is 2.51. The number of nitrogens with zero attached hydrogens (tertiary/aromatic N) is 1. The zero-order chi connectivity index (χ0) is 11.5. The molecular weight excluding hydrogens is 216 g/mol. The molecule has 16 heavy (non-hydrogen) atoms. The van der Waals surface area contributed by atoms with Crippen molar-refractivity contribution in [3.05, 3.63) is 33.1 Å². The van der Waals surface area contributed by atoms with Crippen LogP contribution in [0.25, 0.3) is 0 Å². The summed E-state index contributed by atoms with van der Waals surface area (Å²) in [7, 11) is 0. The average Bonchev–Trinajstić information content (AvgIpc) is 2.67. The van der Waals surface area contributed by atoms with Gasteiger partial charge in [0.15, 0.2) is 0 Å². The van der Waals surface area contributed by atoms with Crippen LogP contribution in [0.2, 0.25) is 0 Å². The largest absolute Gasteiger partial charge is 0.352 e. The number of nitrogens with one attached hydrogen (secondary N) is 1. The zero-order valence-electron chi connectivity index (χ0n) is 8.46. The van der Waals surface area contributed by atoms with Crippen LogP contribution in [0.4, 0.5) is 0 Å². The van der Waals surface area contributed by atoms with Gasteiger partial charge in [-0.3, -0.25) is 19.6 Å². The summed E-state index contributed by atoms with van der Waals surface area (Å²) in [5, 5.41) is 8.28. The fraction of sp³-hybridized carbons (Fsp3) is 0.556. The highest BCUT2D eigenvalue weighted by Crippen LogP contribution is 2.26. The molecule has 7 nitrogen and oxygen atoms in total. The van der Waals surface area contributed by atoms with E-state index in [1.165, 1.54) is 16.8 Å². The van der Waals surface area contributed by atoms with Gasteiger partial charge >= 0.3 is 5.69 Å². The van der Waals surface area contributed by atoms with Gasteiger partial charge in [-0.1, -0.05) is 0 Å². The van der Waals surface area contributed by atoms with Crippen LogP contribution in [0.3, 0.4) is 0 Å². The Kier molecular flexibility index (Phi) is 3.18. The standard InChI is InChI=1S/C9H12N2O5/c12-7-3-4-11(9(13)10-7)8-2-1-6(16-8)5-15-14/h3-4,6,8,14H,1-2,5H2,(H,10,12,13)/t6-,8+/m0/s1. The minimum atomic E-state index is -0.497. The average molecular weight is 228 g/mol. The predicted octanol–water partition coefficient (Wildman–Crippen LogP) is -0.296. The number of ether oxygens (including phenoxy) is 1. The molecule has 1 aromatic rings. The first-order chi connectivity index (χ1) is 7.70. The minimum Gasteiger partial charge on any atom is -0.352 e. The normalized spacial score (nSPS) is 24.8. The van der Waals surface area contributed by atoms with Crippen molar-refractivity contribution in [1.82, 2.24) is 9.55 Å². The first kappa shape index (κ1) is 11.1. The lowest BCUT2D eigenvalue weighted by Gasteiger charge is -2.14. The van der Waals surface area contributed by atoms with Crippen molar-refractivity contribution in [3.8, 4) is 0 Å². The van der Waals surface area contributed by atoms with Gasteiger partial charge in [-0.25, -0.2) is 9.68 Å². The van der Waals surface area contributed by atoms with E-state index in [1.807, 2.05) is 0 Å². The fourth-order valence-corrected chi connectivity index (χ4v) is 1.75. The lowest BCUT2D eigenvalue weighted by molar-refractivity contribution is -0.260. The maximum absolute atomic E-state index is 11.4. The van der Waals surface area contributed by atoms with Gasteiger partial charge in [0, 0.05) is 12.3 Å². The van der Waals surface area contributed by atoms with Crippen molar-refractivity contribution in [2.75, 3.05) is 6.61 Å². The molecule has 0 bridgehead atoms. The minimum absolute atomic E-state index is 0.0780. The molecule has 88 valence electrons. The second kappa shape index (κ2) is 4.60. The Bertz CT molecular complexity index is 465. The van der Waals surface area contributed by atoms with E-state index in [9.17, 15) is 9.59 Å². The van der Waals surface area contributed by atoms with Crippen LogP contribution in [0.15, 0.2) is 21.9 Å². The van der Waals surface area contributed by atoms with E-state index in [2.05, 4.69) is 9.87 Å². The number of hydrogen-bond acceptors (Lipinski definition) is 5. The molecule has 2 N–H and O–H groups in total. The first-order valence-electron chi connectivity index (χ1n) is 4.94. The second-order valence-electron chi connectivity index (χ2n) is 3.60. The number of hydrogen-bond donors (Lipinski definition) is 2. The van der Waals surface area contributed by atoms with Gasteiger partial charge in [0.05, 0.1) is 6.10 Å². The number of aromatic nitrogens is 2. The third kappa shape index (κ3) is 2.21. The van der Waals surface area contributed by atoms with Gasteiger partial charge in [-0.15, -0.1) is 0 Å². The molecule has 1 fully saturated rings. The Balaban J connectivity index is 2.14. The number of aromatic amines is 1. The monoisotopic (exact) mass is 228 g/mol. The SMILES string of the molecule is O=c1ccn([C@H]2CC[C@@H](COO)O2)c(=O)[nH]1. The molecule has 1 aromatic heterocycles. The van der Waals surface area contributed by atoms with Crippen LogP contribution >= 0.6 is 0 Å². The van der Waals surface area contributed by atoms with E-state index in [4.69, 9.17) is 9.99 Å². The summed E-state index contributed by atoms with van der Waals surface area (Å²) in [5.74, 6) is 0. The Morgan fingerprint density at radius 3 is 3.06 bits per heavy atom. The molecule has 0 spiro atoms. The van der Waals surface area contributed by atoms with Crippen molar-refractivity contribution in [2.24, 2.45) is 0 Å². The molecule has 1 aliphatic heterocycles. The molecule has 7 heteroatoms. The summed E-state index contributed by atoms with van der Waals surface area (Å²) in [5.41, 5.74) is -0.933. The molecule has 0 radical (unpaired) electrons. The van der Waals surface area contributed by atoms with Crippen LogP contribution in [-0.4, -0.2) is 27.5 Å². The quantitative estimate of drug-likeness (QED) is 0.547. The molecular formula is C9H12N2O5. The van der Waals surface area contributed by atoms with Crippen LogP contribution in [0.5, 0.6) is 0 Å². The van der Waals surface area contributed by atoms with Gasteiger partial charge < -0.3 is 4.74 Å². The van der Waals surface area contributed by atoms with Crippen LogP contribution in [0, 0.1) is 0 Å². The zero-order valence-corrected chi connectivity index (χ0v) is 8.46. The van der Waals surface area contributed by atoms with E-state index in [1.54, 1.807) is 0 Å². The van der Waals surface area contributed by atoms with Crippen molar-refractivity contribution in [1.29, 1.82) is 0 Å². The summed E-state index contributed by atoms with van der Waals surface area (Å²) in [4.78, 5) is 28.4. The Morgan fingerprint density at radius 2 is 2.38 bits per heavy atom. The molecule has 0 aromatic carbocycles. The van der Waals surface area contributed by atoms with Gasteiger partial charge in [-0.05, 0) is 12.8 Å². The maximum atomic E-state index is 11.4. The predicted molar refractivity (Wildman–Crippen MR) is 53.0 cm³/mol. The van der Waals surface area contributed by atoms with E-state index in [0.29, 0.717) is 12.8 Å². The van der Waals surface area contributed by atoms with Gasteiger partial charge in [0.2, 0.25) is 0 Å². The maximum Gasteiger partial charge on any atom is 0.330 e. The van der Waals surface area contributed by atoms with E-state index >= 15 is 0 Å². The second-order valence-corrected chi connectivity index (χ2v) is 3.60. The lowest BCUT2D eigenvalue weighted by atomic mass is 10.2. The third-order valence-electron chi connectivity index (χ3n) is 2.51.